The van der Waals surface area contributed by atoms with Crippen molar-refractivity contribution in [2.45, 2.75) is 37.3 Å². The number of sulfonamides is 1. The van der Waals surface area contributed by atoms with Crippen molar-refractivity contribution in [2.24, 2.45) is 0 Å². The van der Waals surface area contributed by atoms with E-state index in [4.69, 9.17) is 4.74 Å². The third-order valence-corrected chi connectivity index (χ3v) is 8.92. The number of hydrogen-bond acceptors (Lipinski definition) is 7. The zero-order chi connectivity index (χ0) is 29.5. The van der Waals surface area contributed by atoms with Crippen molar-refractivity contribution >= 4 is 27.8 Å². The summed E-state index contributed by atoms with van der Waals surface area (Å²) in [7, 11) is -4.12. The van der Waals surface area contributed by atoms with E-state index in [0.717, 1.165) is 16.7 Å². The maximum absolute atomic E-state index is 13.5. The second kappa shape index (κ2) is 10.6. The second-order valence-corrected chi connectivity index (χ2v) is 12.2. The van der Waals surface area contributed by atoms with Gasteiger partial charge in [0.1, 0.15) is 0 Å². The lowest BCUT2D eigenvalue weighted by atomic mass is 9.98. The Kier molecular flexibility index (Phi) is 6.90. The molecule has 0 saturated carbocycles. The number of likely N-dealkylation sites (tertiary alicyclic amines) is 1. The summed E-state index contributed by atoms with van der Waals surface area (Å²) < 4.78 is 35.5. The van der Waals surface area contributed by atoms with Gasteiger partial charge in [-0.05, 0) is 55.3 Å². The molecule has 42 heavy (non-hydrogen) atoms. The van der Waals surface area contributed by atoms with Crippen LogP contribution in [0.2, 0.25) is 0 Å². The van der Waals surface area contributed by atoms with Crippen LogP contribution >= 0.6 is 0 Å². The predicted octanol–water partition coefficient (Wildman–Crippen LogP) is 4.32. The highest BCUT2D eigenvalue weighted by atomic mass is 32.2. The van der Waals surface area contributed by atoms with E-state index in [9.17, 15) is 18.0 Å². The van der Waals surface area contributed by atoms with Gasteiger partial charge in [-0.3, -0.25) is 9.59 Å². The highest BCUT2D eigenvalue weighted by Gasteiger charge is 2.41. The molecule has 1 fully saturated rings. The number of anilines is 1. The van der Waals surface area contributed by atoms with Crippen molar-refractivity contribution in [2.75, 3.05) is 17.8 Å². The topological polar surface area (TPSA) is 131 Å². The van der Waals surface area contributed by atoms with Crippen LogP contribution in [-0.2, 0) is 10.0 Å². The number of hydrogen-bond donors (Lipinski definition) is 2. The number of nitrogens with one attached hydrogen (secondary N) is 2. The van der Waals surface area contributed by atoms with Crippen LogP contribution in [0, 0.1) is 13.8 Å². The van der Waals surface area contributed by atoms with Crippen LogP contribution in [0.4, 0.5) is 5.95 Å². The van der Waals surface area contributed by atoms with Crippen molar-refractivity contribution < 1.29 is 22.7 Å². The number of amides is 2. The van der Waals surface area contributed by atoms with Gasteiger partial charge in [0.2, 0.25) is 11.8 Å². The van der Waals surface area contributed by atoms with Gasteiger partial charge in [0, 0.05) is 48.7 Å². The van der Waals surface area contributed by atoms with Crippen LogP contribution in [0.25, 0.3) is 11.3 Å². The Morgan fingerprint density at radius 2 is 1.60 bits per heavy atom. The monoisotopic (exact) mass is 583 g/mol. The molecule has 4 bridgehead atoms. The first-order valence-corrected chi connectivity index (χ1v) is 15.1. The molecule has 4 aromatic rings. The molecule has 0 unspecified atom stereocenters. The number of aromatic nitrogens is 2. The molecule has 1 saturated heterocycles. The Morgan fingerprint density at radius 3 is 2.31 bits per heavy atom. The number of piperidine rings is 1. The molecule has 2 amide bonds. The first-order chi connectivity index (χ1) is 20.1. The maximum Gasteiger partial charge on any atom is 0.264 e. The van der Waals surface area contributed by atoms with E-state index in [1.807, 2.05) is 50.2 Å². The summed E-state index contributed by atoms with van der Waals surface area (Å²) in [5, 5.41) is 3.00. The van der Waals surface area contributed by atoms with Crippen LogP contribution in [0.15, 0.2) is 83.8 Å². The molecule has 0 radical (unpaired) electrons. The van der Waals surface area contributed by atoms with Crippen LogP contribution in [0.5, 0.6) is 5.88 Å². The van der Waals surface area contributed by atoms with Gasteiger partial charge in [-0.1, -0.05) is 42.5 Å². The largest absolute Gasteiger partial charge is 0.451 e. The molecular formula is C31H29N5O5S. The fourth-order valence-corrected chi connectivity index (χ4v) is 6.41. The van der Waals surface area contributed by atoms with Gasteiger partial charge in [-0.15, -0.1) is 0 Å². The lowest BCUT2D eigenvalue weighted by molar-refractivity contribution is -0.0199. The predicted molar refractivity (Wildman–Crippen MR) is 157 cm³/mol. The number of nitrogens with zero attached hydrogens (tertiary/aromatic N) is 3. The number of carbonyl (C=O) groups is 2. The number of aryl methyl sites for hydroxylation is 2. The van der Waals surface area contributed by atoms with Crippen LogP contribution in [0.1, 0.15) is 44.7 Å². The molecule has 3 heterocycles. The minimum atomic E-state index is -4.12. The SMILES string of the molecule is Cc1cccc(C)c1-c1cc2nc(n1)NS(=O)(=O)c1cccc(c1)C(=O)NC1(CCN(C(=O)c3ccccc3)CC1)O2. The Hall–Kier alpha value is -4.77. The normalized spacial score (nSPS) is 17.2. The molecule has 10 nitrogen and oxygen atoms in total. The lowest BCUT2D eigenvalue weighted by Gasteiger charge is -2.42. The van der Waals surface area contributed by atoms with Gasteiger partial charge in [-0.25, -0.2) is 18.1 Å². The Bertz CT molecular complexity index is 1780. The molecule has 1 aromatic heterocycles. The maximum atomic E-state index is 13.5. The van der Waals surface area contributed by atoms with Gasteiger partial charge in [0.05, 0.1) is 10.6 Å². The van der Waals surface area contributed by atoms with Gasteiger partial charge >= 0.3 is 0 Å². The first-order valence-electron chi connectivity index (χ1n) is 13.6. The highest BCUT2D eigenvalue weighted by Crippen LogP contribution is 2.33. The van der Waals surface area contributed by atoms with E-state index in [1.54, 1.807) is 23.1 Å². The summed E-state index contributed by atoms with van der Waals surface area (Å²) in [6, 6.07) is 22.2. The summed E-state index contributed by atoms with van der Waals surface area (Å²) in [5.41, 5.74) is 2.70. The quantitative estimate of drug-likeness (QED) is 0.360. The number of fused-ring (bicyclic) bond motifs is 4. The molecule has 214 valence electrons. The number of ether oxygens (including phenoxy) is 1. The van der Waals surface area contributed by atoms with Crippen molar-refractivity contribution in [1.82, 2.24) is 20.2 Å². The molecule has 2 aliphatic heterocycles. The average molecular weight is 584 g/mol. The zero-order valence-electron chi connectivity index (χ0n) is 23.1. The number of benzene rings is 3. The summed E-state index contributed by atoms with van der Waals surface area (Å²) in [6.07, 6.45) is 0.557. The van der Waals surface area contributed by atoms with E-state index in [1.165, 1.54) is 24.3 Å². The Morgan fingerprint density at radius 1 is 0.905 bits per heavy atom. The summed E-state index contributed by atoms with van der Waals surface area (Å²) >= 11 is 0. The molecule has 2 N–H and O–H groups in total. The van der Waals surface area contributed by atoms with Crippen LogP contribution < -0.4 is 14.8 Å². The molecule has 3 aromatic carbocycles. The second-order valence-electron chi connectivity index (χ2n) is 10.5. The third kappa shape index (κ3) is 5.30. The van der Waals surface area contributed by atoms with Crippen molar-refractivity contribution in [3.63, 3.8) is 0 Å². The molecule has 1 spiro atoms. The van der Waals surface area contributed by atoms with Gasteiger partial charge < -0.3 is 15.0 Å². The van der Waals surface area contributed by atoms with Crippen molar-refractivity contribution in [3.8, 4) is 17.1 Å². The van der Waals surface area contributed by atoms with Gasteiger partial charge in [0.25, 0.3) is 21.8 Å². The zero-order valence-corrected chi connectivity index (χ0v) is 23.9. The summed E-state index contributed by atoms with van der Waals surface area (Å²) in [4.78, 5) is 37.2. The molecule has 2 aliphatic rings. The van der Waals surface area contributed by atoms with Crippen LogP contribution in [0.3, 0.4) is 0 Å². The fraction of sp³-hybridized carbons (Fsp3) is 0.226. The van der Waals surface area contributed by atoms with E-state index in [0.29, 0.717) is 24.3 Å². The smallest absolute Gasteiger partial charge is 0.264 e. The molecular weight excluding hydrogens is 554 g/mol. The minimum absolute atomic E-state index is 0.0905. The summed E-state index contributed by atoms with van der Waals surface area (Å²) in [6.45, 7) is 4.53. The third-order valence-electron chi connectivity index (χ3n) is 7.59. The van der Waals surface area contributed by atoms with E-state index in [2.05, 4.69) is 20.0 Å². The Labute approximate surface area is 243 Å². The van der Waals surface area contributed by atoms with E-state index < -0.39 is 21.7 Å². The fourth-order valence-electron chi connectivity index (χ4n) is 5.42. The van der Waals surface area contributed by atoms with Gasteiger partial charge in [0.15, 0.2) is 5.72 Å². The minimum Gasteiger partial charge on any atom is -0.451 e. The number of carbonyl (C=O) groups excluding carboxylic acids is 2. The summed E-state index contributed by atoms with van der Waals surface area (Å²) in [5.74, 6) is -0.671. The van der Waals surface area contributed by atoms with Crippen molar-refractivity contribution in [1.29, 1.82) is 0 Å². The highest BCUT2D eigenvalue weighted by molar-refractivity contribution is 7.92. The van der Waals surface area contributed by atoms with E-state index in [-0.39, 0.29) is 41.0 Å². The standard InChI is InChI=1S/C31H29N5O5S/c1-20-8-6-9-21(2)27(20)25-19-26-33-30(32-25)35-42(39,40)24-13-7-12-23(18-24)28(37)34-31(41-26)14-16-36(17-15-31)29(38)22-10-4-3-5-11-22/h3-13,18-19H,14-17H2,1-2H3,(H,34,37)(H,32,33,35). The van der Waals surface area contributed by atoms with Gasteiger partial charge in [-0.2, -0.15) is 4.98 Å². The first kappa shape index (κ1) is 27.4. The molecule has 0 aliphatic carbocycles. The molecule has 6 rings (SSSR count). The van der Waals surface area contributed by atoms with Crippen LogP contribution in [-0.4, -0.2) is 53.9 Å². The average Bonchev–Trinajstić information content (AvgIpc) is 2.97. The Balaban J connectivity index is 1.43. The van der Waals surface area contributed by atoms with Crippen molar-refractivity contribution in [3.05, 3.63) is 101 Å². The lowest BCUT2D eigenvalue weighted by Crippen LogP contribution is -2.59. The molecule has 0 atom stereocenters. The number of rotatable bonds is 2. The van der Waals surface area contributed by atoms with E-state index >= 15 is 0 Å². The molecule has 11 heteroatoms.